The van der Waals surface area contributed by atoms with Crippen LogP contribution >= 0.6 is 24.0 Å². The molecule has 0 aromatic heterocycles. The van der Waals surface area contributed by atoms with Crippen LogP contribution in [0.15, 0.2) is 29.3 Å². The highest BCUT2D eigenvalue weighted by Gasteiger charge is 2.08. The van der Waals surface area contributed by atoms with Gasteiger partial charge >= 0.3 is 0 Å². The molecule has 1 aromatic rings. The van der Waals surface area contributed by atoms with E-state index in [0.29, 0.717) is 0 Å². The summed E-state index contributed by atoms with van der Waals surface area (Å²) in [5.74, 6) is 0.899. The summed E-state index contributed by atoms with van der Waals surface area (Å²) in [7, 11) is 3.54. The number of carbonyl (C=O) groups excluding carboxylic acids is 1. The SMILES string of the molecule is CCCCN=C(NCC)NCCc1cccc(C(=O)N(C)C)c1.I. The van der Waals surface area contributed by atoms with Crippen molar-refractivity contribution in [1.29, 1.82) is 0 Å². The molecule has 0 bridgehead atoms. The molecular weight excluding hydrogens is 415 g/mol. The van der Waals surface area contributed by atoms with Crippen molar-refractivity contribution >= 4 is 35.8 Å². The summed E-state index contributed by atoms with van der Waals surface area (Å²) in [5, 5.41) is 6.59. The number of guanidine groups is 1. The number of unbranched alkanes of at least 4 members (excludes halogenated alkanes) is 1. The highest BCUT2D eigenvalue weighted by molar-refractivity contribution is 14.0. The van der Waals surface area contributed by atoms with E-state index >= 15 is 0 Å². The summed E-state index contributed by atoms with van der Waals surface area (Å²) < 4.78 is 0. The molecule has 5 nitrogen and oxygen atoms in total. The van der Waals surface area contributed by atoms with Crippen LogP contribution in [-0.4, -0.2) is 50.5 Å². The van der Waals surface area contributed by atoms with Crippen molar-refractivity contribution in [2.45, 2.75) is 33.1 Å². The van der Waals surface area contributed by atoms with Crippen LogP contribution in [-0.2, 0) is 6.42 Å². The number of carbonyl (C=O) groups is 1. The second-order valence-corrected chi connectivity index (χ2v) is 5.69. The van der Waals surface area contributed by atoms with Gasteiger partial charge in [-0.15, -0.1) is 24.0 Å². The summed E-state index contributed by atoms with van der Waals surface area (Å²) in [4.78, 5) is 18.1. The van der Waals surface area contributed by atoms with Gasteiger partial charge in [0, 0.05) is 39.3 Å². The number of hydrogen-bond donors (Lipinski definition) is 2. The summed E-state index contributed by atoms with van der Waals surface area (Å²) in [5.41, 5.74) is 1.88. The molecule has 2 N–H and O–H groups in total. The van der Waals surface area contributed by atoms with Gasteiger partial charge in [0.05, 0.1) is 0 Å². The highest BCUT2D eigenvalue weighted by Crippen LogP contribution is 2.07. The first-order valence-corrected chi connectivity index (χ1v) is 8.41. The van der Waals surface area contributed by atoms with Crippen molar-refractivity contribution in [2.24, 2.45) is 4.99 Å². The van der Waals surface area contributed by atoms with E-state index in [4.69, 9.17) is 0 Å². The van der Waals surface area contributed by atoms with Crippen LogP contribution in [0.5, 0.6) is 0 Å². The zero-order valence-corrected chi connectivity index (χ0v) is 17.6. The quantitative estimate of drug-likeness (QED) is 0.280. The lowest BCUT2D eigenvalue weighted by Gasteiger charge is -2.13. The van der Waals surface area contributed by atoms with E-state index in [1.807, 2.05) is 18.2 Å². The third-order valence-corrected chi connectivity index (χ3v) is 3.41. The molecule has 0 saturated heterocycles. The van der Waals surface area contributed by atoms with Crippen molar-refractivity contribution in [1.82, 2.24) is 15.5 Å². The molecule has 0 fully saturated rings. The van der Waals surface area contributed by atoms with Gasteiger partial charge in [-0.2, -0.15) is 0 Å². The molecule has 0 saturated carbocycles. The van der Waals surface area contributed by atoms with E-state index in [9.17, 15) is 4.79 Å². The fraction of sp³-hybridized carbons (Fsp3) is 0.556. The van der Waals surface area contributed by atoms with Gasteiger partial charge in [0.25, 0.3) is 5.91 Å². The third kappa shape index (κ3) is 8.52. The zero-order valence-electron chi connectivity index (χ0n) is 15.3. The third-order valence-electron chi connectivity index (χ3n) is 3.41. The molecule has 6 heteroatoms. The molecule has 0 heterocycles. The van der Waals surface area contributed by atoms with Crippen LogP contribution in [0.1, 0.15) is 42.6 Å². The standard InChI is InChI=1S/C18H30N4O.HI/c1-5-7-12-20-18(19-6-2)21-13-11-15-9-8-10-16(14-15)17(23)22(3)4;/h8-10,14H,5-7,11-13H2,1-4H3,(H2,19,20,21);1H. The predicted octanol–water partition coefficient (Wildman–Crippen LogP) is 2.90. The molecule has 24 heavy (non-hydrogen) atoms. The largest absolute Gasteiger partial charge is 0.357 e. The van der Waals surface area contributed by atoms with Crippen molar-refractivity contribution in [3.05, 3.63) is 35.4 Å². The Balaban J connectivity index is 0.00000529. The first kappa shape index (κ1) is 22.7. The van der Waals surface area contributed by atoms with Crippen molar-refractivity contribution in [3.63, 3.8) is 0 Å². The number of halogens is 1. The molecule has 0 spiro atoms. The Morgan fingerprint density at radius 1 is 1.21 bits per heavy atom. The fourth-order valence-corrected chi connectivity index (χ4v) is 2.13. The van der Waals surface area contributed by atoms with Crippen LogP contribution in [0.4, 0.5) is 0 Å². The van der Waals surface area contributed by atoms with Crippen LogP contribution in [0.2, 0.25) is 0 Å². The summed E-state index contributed by atoms with van der Waals surface area (Å²) in [6, 6.07) is 7.81. The lowest BCUT2D eigenvalue weighted by molar-refractivity contribution is 0.0827. The lowest BCUT2D eigenvalue weighted by atomic mass is 10.1. The molecule has 0 aliphatic carbocycles. The Bertz CT molecular complexity index is 517. The molecule has 1 aromatic carbocycles. The second kappa shape index (κ2) is 13.0. The van der Waals surface area contributed by atoms with E-state index in [2.05, 4.69) is 35.5 Å². The summed E-state index contributed by atoms with van der Waals surface area (Å²) in [6.45, 7) is 6.71. The maximum atomic E-state index is 12.0. The van der Waals surface area contributed by atoms with Crippen LogP contribution in [0.3, 0.4) is 0 Å². The second-order valence-electron chi connectivity index (χ2n) is 5.69. The Hall–Kier alpha value is -1.31. The first-order valence-electron chi connectivity index (χ1n) is 8.41. The van der Waals surface area contributed by atoms with Crippen molar-refractivity contribution in [3.8, 4) is 0 Å². The number of nitrogens with one attached hydrogen (secondary N) is 2. The Morgan fingerprint density at radius 3 is 2.58 bits per heavy atom. The average molecular weight is 446 g/mol. The smallest absolute Gasteiger partial charge is 0.253 e. The van der Waals surface area contributed by atoms with Crippen LogP contribution < -0.4 is 10.6 Å². The highest BCUT2D eigenvalue weighted by atomic mass is 127. The maximum absolute atomic E-state index is 12.0. The molecule has 0 atom stereocenters. The minimum Gasteiger partial charge on any atom is -0.357 e. The van der Waals surface area contributed by atoms with Gasteiger partial charge in [-0.05, 0) is 37.5 Å². The predicted molar refractivity (Wildman–Crippen MR) is 112 cm³/mol. The van der Waals surface area contributed by atoms with E-state index in [0.717, 1.165) is 56.0 Å². The Morgan fingerprint density at radius 2 is 1.96 bits per heavy atom. The summed E-state index contributed by atoms with van der Waals surface area (Å²) >= 11 is 0. The number of rotatable bonds is 8. The molecule has 0 aliphatic heterocycles. The van der Waals surface area contributed by atoms with Crippen LogP contribution in [0, 0.1) is 0 Å². The van der Waals surface area contributed by atoms with Crippen LogP contribution in [0.25, 0.3) is 0 Å². The summed E-state index contributed by atoms with van der Waals surface area (Å²) in [6.07, 6.45) is 3.10. The van der Waals surface area contributed by atoms with E-state index in [-0.39, 0.29) is 29.9 Å². The number of hydrogen-bond acceptors (Lipinski definition) is 2. The maximum Gasteiger partial charge on any atom is 0.253 e. The Kier molecular flexibility index (Phi) is 12.3. The topological polar surface area (TPSA) is 56.7 Å². The van der Waals surface area contributed by atoms with Gasteiger partial charge in [0.15, 0.2) is 5.96 Å². The molecular formula is C18H31IN4O. The zero-order chi connectivity index (χ0) is 17.1. The van der Waals surface area contributed by atoms with E-state index in [1.54, 1.807) is 19.0 Å². The van der Waals surface area contributed by atoms with Gasteiger partial charge in [-0.3, -0.25) is 9.79 Å². The molecule has 1 rings (SSSR count). The minimum absolute atomic E-state index is 0. The van der Waals surface area contributed by atoms with Gasteiger partial charge in [-0.25, -0.2) is 0 Å². The normalized spacial score (nSPS) is 10.8. The molecule has 0 aliphatic rings. The van der Waals surface area contributed by atoms with E-state index in [1.165, 1.54) is 0 Å². The minimum atomic E-state index is 0. The number of amides is 1. The molecule has 0 unspecified atom stereocenters. The molecule has 1 amide bonds. The molecule has 0 radical (unpaired) electrons. The monoisotopic (exact) mass is 446 g/mol. The van der Waals surface area contributed by atoms with Crippen molar-refractivity contribution in [2.75, 3.05) is 33.7 Å². The number of aliphatic imine (C=N–C) groups is 1. The number of benzene rings is 1. The van der Waals surface area contributed by atoms with Gasteiger partial charge in [0.2, 0.25) is 0 Å². The molecule has 136 valence electrons. The average Bonchev–Trinajstić information content (AvgIpc) is 2.54. The van der Waals surface area contributed by atoms with Gasteiger partial charge in [-0.1, -0.05) is 25.5 Å². The Labute approximate surface area is 163 Å². The number of nitrogens with zero attached hydrogens (tertiary/aromatic N) is 2. The van der Waals surface area contributed by atoms with Gasteiger partial charge < -0.3 is 15.5 Å². The first-order chi connectivity index (χ1) is 11.1. The van der Waals surface area contributed by atoms with Gasteiger partial charge in [0.1, 0.15) is 0 Å². The van der Waals surface area contributed by atoms with E-state index < -0.39 is 0 Å². The van der Waals surface area contributed by atoms with Crippen molar-refractivity contribution < 1.29 is 4.79 Å². The lowest BCUT2D eigenvalue weighted by Crippen LogP contribution is -2.38. The fourth-order valence-electron chi connectivity index (χ4n) is 2.13.